The van der Waals surface area contributed by atoms with Crippen molar-refractivity contribution in [2.75, 3.05) is 0 Å². The highest BCUT2D eigenvalue weighted by Crippen LogP contribution is 2.06. The molecule has 2 aromatic rings. The first-order valence-electron chi connectivity index (χ1n) is 4.85. The summed E-state index contributed by atoms with van der Waals surface area (Å²) in [5, 5.41) is 7.00. The van der Waals surface area contributed by atoms with Gasteiger partial charge < -0.3 is 4.42 Å². The smallest absolute Gasteiger partial charge is 0.289 e. The molecule has 2 heterocycles. The van der Waals surface area contributed by atoms with E-state index in [0.29, 0.717) is 11.0 Å². The highest BCUT2D eigenvalue weighted by molar-refractivity contribution is 5.89. The minimum Gasteiger partial charge on any atom is -0.464 e. The molecular weight excluding hydrogens is 220 g/mol. The molecule has 17 heavy (non-hydrogen) atoms. The molecule has 0 saturated heterocycles. The molecule has 0 saturated carbocycles. The average molecular weight is 228 g/mol. The van der Waals surface area contributed by atoms with Gasteiger partial charge in [0.15, 0.2) is 5.43 Å². The van der Waals surface area contributed by atoms with E-state index in [1.807, 2.05) is 12.1 Å². The van der Waals surface area contributed by atoms with E-state index < -0.39 is 0 Å². The molecule has 1 aliphatic heterocycles. The van der Waals surface area contributed by atoms with Gasteiger partial charge in [-0.1, -0.05) is 12.1 Å². The summed E-state index contributed by atoms with van der Waals surface area (Å²) in [6.07, 6.45) is 4.08. The van der Waals surface area contributed by atoms with Gasteiger partial charge in [-0.3, -0.25) is 9.59 Å². The third-order valence-electron chi connectivity index (χ3n) is 2.01. The molecule has 0 radical (unpaired) electrons. The number of carbonyl (C=O) groups excluding carboxylic acids is 1. The SMILES string of the molecule is O=C1C=CN=N1.O=c1ccoc2ccccc12. The van der Waals surface area contributed by atoms with Crippen molar-refractivity contribution in [1.82, 2.24) is 0 Å². The molecule has 84 valence electrons. The largest absolute Gasteiger partial charge is 0.464 e. The Hall–Kier alpha value is -2.56. The third kappa shape index (κ3) is 2.72. The summed E-state index contributed by atoms with van der Waals surface area (Å²) in [7, 11) is 0. The lowest BCUT2D eigenvalue weighted by Gasteiger charge is -1.91. The number of rotatable bonds is 0. The lowest BCUT2D eigenvalue weighted by Crippen LogP contribution is -1.96. The average Bonchev–Trinajstić information content (AvgIpc) is 2.82. The number of nitrogens with zero attached hydrogens (tertiary/aromatic N) is 2. The Morgan fingerprint density at radius 1 is 1.06 bits per heavy atom. The van der Waals surface area contributed by atoms with Crippen LogP contribution in [0.5, 0.6) is 0 Å². The first-order valence-corrected chi connectivity index (χ1v) is 4.85. The van der Waals surface area contributed by atoms with Gasteiger partial charge in [-0.05, 0) is 12.1 Å². The number of amides is 1. The number of carbonyl (C=O) groups is 1. The molecule has 0 fully saturated rings. The van der Waals surface area contributed by atoms with Gasteiger partial charge in [-0.15, -0.1) is 5.11 Å². The summed E-state index contributed by atoms with van der Waals surface area (Å²) in [5.41, 5.74) is 0.645. The maximum Gasteiger partial charge on any atom is 0.289 e. The van der Waals surface area contributed by atoms with Gasteiger partial charge in [0.25, 0.3) is 5.91 Å². The summed E-state index contributed by atoms with van der Waals surface area (Å²) in [5.74, 6) is -0.269. The number of fused-ring (bicyclic) bond motifs is 1. The Morgan fingerprint density at radius 2 is 1.88 bits per heavy atom. The van der Waals surface area contributed by atoms with E-state index in [9.17, 15) is 9.59 Å². The molecule has 1 amide bonds. The van der Waals surface area contributed by atoms with Crippen LogP contribution in [-0.4, -0.2) is 5.91 Å². The Morgan fingerprint density at radius 3 is 2.47 bits per heavy atom. The van der Waals surface area contributed by atoms with Gasteiger partial charge in [-0.25, -0.2) is 0 Å². The molecule has 5 heteroatoms. The quantitative estimate of drug-likeness (QED) is 0.694. The van der Waals surface area contributed by atoms with E-state index in [2.05, 4.69) is 10.2 Å². The molecular formula is C12H8N2O3. The number of benzene rings is 1. The normalized spacial score (nSPS) is 12.6. The number of hydrogen-bond acceptors (Lipinski definition) is 4. The van der Waals surface area contributed by atoms with Gasteiger partial charge in [0.05, 0.1) is 17.8 Å². The number of hydrogen-bond donors (Lipinski definition) is 0. The van der Waals surface area contributed by atoms with E-state index >= 15 is 0 Å². The molecule has 0 bridgehead atoms. The second kappa shape index (κ2) is 4.98. The van der Waals surface area contributed by atoms with E-state index in [1.165, 1.54) is 24.6 Å². The molecule has 1 aromatic heterocycles. The first kappa shape index (κ1) is 10.9. The van der Waals surface area contributed by atoms with Crippen LogP contribution in [0.1, 0.15) is 0 Å². The minimum absolute atomic E-state index is 0.00634. The van der Waals surface area contributed by atoms with Gasteiger partial charge >= 0.3 is 0 Å². The highest BCUT2D eigenvalue weighted by atomic mass is 16.3. The summed E-state index contributed by atoms with van der Waals surface area (Å²) in [4.78, 5) is 21.0. The fourth-order valence-electron chi connectivity index (χ4n) is 1.25. The summed E-state index contributed by atoms with van der Waals surface area (Å²) in [6.45, 7) is 0. The van der Waals surface area contributed by atoms with Gasteiger partial charge in [0, 0.05) is 12.1 Å². The Labute approximate surface area is 96.1 Å². The first-order chi connectivity index (χ1) is 8.27. The minimum atomic E-state index is -0.269. The van der Waals surface area contributed by atoms with Crippen molar-refractivity contribution in [3.8, 4) is 0 Å². The fourth-order valence-corrected chi connectivity index (χ4v) is 1.25. The van der Waals surface area contributed by atoms with Crippen molar-refractivity contribution >= 4 is 16.9 Å². The predicted molar refractivity (Wildman–Crippen MR) is 61.5 cm³/mol. The van der Waals surface area contributed by atoms with Crippen LogP contribution in [0.3, 0.4) is 0 Å². The topological polar surface area (TPSA) is 72.0 Å². The van der Waals surface area contributed by atoms with Crippen molar-refractivity contribution in [2.45, 2.75) is 0 Å². The maximum atomic E-state index is 11.1. The second-order valence-electron chi connectivity index (χ2n) is 3.15. The number of azo groups is 1. The predicted octanol–water partition coefficient (Wildman–Crippen LogP) is 2.29. The second-order valence-corrected chi connectivity index (χ2v) is 3.15. The standard InChI is InChI=1S/C9H6O2.C3H2N2O/c10-8-5-6-11-9-4-2-1-3-7(8)9;6-3-1-2-4-5-3/h1-6H;1-2H. The van der Waals surface area contributed by atoms with Crippen LogP contribution in [0.25, 0.3) is 11.0 Å². The molecule has 0 spiro atoms. The van der Waals surface area contributed by atoms with Crippen molar-refractivity contribution < 1.29 is 9.21 Å². The van der Waals surface area contributed by atoms with Crippen LogP contribution in [0.15, 0.2) is 68.3 Å². The van der Waals surface area contributed by atoms with Gasteiger partial charge in [-0.2, -0.15) is 5.11 Å². The van der Waals surface area contributed by atoms with Crippen molar-refractivity contribution in [3.05, 3.63) is 59.1 Å². The molecule has 0 unspecified atom stereocenters. The van der Waals surface area contributed by atoms with Crippen LogP contribution >= 0.6 is 0 Å². The van der Waals surface area contributed by atoms with Gasteiger partial charge in [0.2, 0.25) is 0 Å². The van der Waals surface area contributed by atoms with Crippen LogP contribution in [0, 0.1) is 0 Å². The van der Waals surface area contributed by atoms with E-state index in [-0.39, 0.29) is 11.3 Å². The Balaban J connectivity index is 0.000000153. The number of para-hydroxylation sites is 1. The molecule has 1 aliphatic rings. The van der Waals surface area contributed by atoms with E-state index in [1.54, 1.807) is 12.1 Å². The molecule has 0 atom stereocenters. The van der Waals surface area contributed by atoms with Crippen LogP contribution in [-0.2, 0) is 4.79 Å². The monoisotopic (exact) mass is 228 g/mol. The molecule has 0 N–H and O–H groups in total. The van der Waals surface area contributed by atoms with Crippen LogP contribution < -0.4 is 5.43 Å². The highest BCUT2D eigenvalue weighted by Gasteiger charge is 1.95. The molecule has 0 aliphatic carbocycles. The Bertz CT molecular complexity index is 637. The fraction of sp³-hybridized carbons (Fsp3) is 0. The zero-order chi connectivity index (χ0) is 12.1. The molecule has 1 aromatic carbocycles. The van der Waals surface area contributed by atoms with Crippen molar-refractivity contribution in [2.24, 2.45) is 10.2 Å². The van der Waals surface area contributed by atoms with E-state index in [4.69, 9.17) is 4.42 Å². The summed E-state index contributed by atoms with van der Waals surface area (Å²) in [6, 6.07) is 8.60. The van der Waals surface area contributed by atoms with Gasteiger partial charge in [0.1, 0.15) is 5.58 Å². The Kier molecular flexibility index (Phi) is 3.20. The summed E-state index contributed by atoms with van der Waals surface area (Å²) >= 11 is 0. The summed E-state index contributed by atoms with van der Waals surface area (Å²) < 4.78 is 5.09. The maximum absolute atomic E-state index is 11.1. The van der Waals surface area contributed by atoms with Crippen LogP contribution in [0.2, 0.25) is 0 Å². The zero-order valence-electron chi connectivity index (χ0n) is 8.74. The lowest BCUT2D eigenvalue weighted by molar-refractivity contribution is -0.113. The van der Waals surface area contributed by atoms with Crippen molar-refractivity contribution in [1.29, 1.82) is 0 Å². The third-order valence-corrected chi connectivity index (χ3v) is 2.01. The lowest BCUT2D eigenvalue weighted by atomic mass is 10.2. The van der Waals surface area contributed by atoms with Crippen molar-refractivity contribution in [3.63, 3.8) is 0 Å². The van der Waals surface area contributed by atoms with Crippen LogP contribution in [0.4, 0.5) is 0 Å². The molecule has 5 nitrogen and oxygen atoms in total. The van der Waals surface area contributed by atoms with E-state index in [0.717, 1.165) is 0 Å². The zero-order valence-corrected chi connectivity index (χ0v) is 8.74. The molecule has 3 rings (SSSR count).